The molecule has 1 fully saturated rings. The van der Waals surface area contributed by atoms with Crippen LogP contribution in [-0.4, -0.2) is 43.8 Å². The lowest BCUT2D eigenvalue weighted by molar-refractivity contribution is 0.0769. The first-order chi connectivity index (χ1) is 8.39. The second-order valence-corrected chi connectivity index (χ2v) is 7.26. The van der Waals surface area contributed by atoms with Crippen LogP contribution in [0.25, 0.3) is 0 Å². The monoisotopic (exact) mass is 285 g/mol. The molecule has 1 amide bonds. The van der Waals surface area contributed by atoms with E-state index in [0.717, 1.165) is 10.5 Å². The number of rotatable bonds is 1. The minimum Gasteiger partial charge on any atom is -0.337 e. The van der Waals surface area contributed by atoms with E-state index >= 15 is 0 Å². The van der Waals surface area contributed by atoms with Gasteiger partial charge in [0.2, 0.25) is 0 Å². The first-order valence-corrected chi connectivity index (χ1v) is 7.95. The van der Waals surface area contributed by atoms with Crippen LogP contribution in [0, 0.1) is 6.92 Å². The second-order valence-electron chi connectivity index (χ2n) is 4.44. The van der Waals surface area contributed by atoms with Gasteiger partial charge in [-0.25, -0.2) is 8.42 Å². The summed E-state index contributed by atoms with van der Waals surface area (Å²) in [6.07, 6.45) is 0. The molecule has 98 valence electrons. The molecule has 1 aromatic rings. The zero-order valence-electron chi connectivity index (χ0n) is 10.1. The highest BCUT2D eigenvalue weighted by Gasteiger charge is 2.26. The van der Waals surface area contributed by atoms with Gasteiger partial charge in [0.15, 0.2) is 9.84 Å². The van der Waals surface area contributed by atoms with Crippen LogP contribution in [0.4, 0.5) is 0 Å². The van der Waals surface area contributed by atoms with Gasteiger partial charge < -0.3 is 4.90 Å². The molecule has 18 heavy (non-hydrogen) atoms. The van der Waals surface area contributed by atoms with E-state index in [1.807, 2.05) is 19.1 Å². The molecule has 0 N–H and O–H groups in total. The summed E-state index contributed by atoms with van der Waals surface area (Å²) in [4.78, 5) is 14.6. The Bertz CT molecular complexity index is 567. The Morgan fingerprint density at radius 3 is 2.50 bits per heavy atom. The topological polar surface area (TPSA) is 54.5 Å². The highest BCUT2D eigenvalue weighted by molar-refractivity contribution is 7.91. The van der Waals surface area contributed by atoms with E-state index in [1.165, 1.54) is 0 Å². The Hall–Kier alpha value is -1.01. The molecule has 0 bridgehead atoms. The summed E-state index contributed by atoms with van der Waals surface area (Å²) in [5.74, 6) is -0.00484. The zero-order valence-corrected chi connectivity index (χ0v) is 11.8. The predicted molar refractivity (Wildman–Crippen MR) is 73.0 cm³/mol. The molecule has 0 spiro atoms. The number of nitrogens with zero attached hydrogens (tertiary/aromatic N) is 1. The van der Waals surface area contributed by atoms with Crippen molar-refractivity contribution in [2.24, 2.45) is 0 Å². The van der Waals surface area contributed by atoms with Crippen LogP contribution in [0.15, 0.2) is 23.1 Å². The quantitative estimate of drug-likeness (QED) is 0.788. The van der Waals surface area contributed by atoms with Gasteiger partial charge in [0, 0.05) is 23.5 Å². The smallest absolute Gasteiger partial charge is 0.254 e. The fraction of sp³-hybridized carbons (Fsp3) is 0.417. The Balaban J connectivity index is 2.20. The van der Waals surface area contributed by atoms with E-state index in [0.29, 0.717) is 5.56 Å². The van der Waals surface area contributed by atoms with Gasteiger partial charge in [-0.05, 0) is 24.6 Å². The van der Waals surface area contributed by atoms with Crippen LogP contribution in [0.5, 0.6) is 0 Å². The summed E-state index contributed by atoms with van der Waals surface area (Å²) in [6.45, 7) is 2.41. The summed E-state index contributed by atoms with van der Waals surface area (Å²) in [5, 5.41) is 0. The molecule has 4 nitrogen and oxygen atoms in total. The molecule has 2 rings (SSSR count). The number of sulfone groups is 1. The number of aryl methyl sites for hydroxylation is 1. The molecular formula is C12H15NO3S2. The first kappa shape index (κ1) is 13.4. The number of amides is 1. The average Bonchev–Trinajstić information content (AvgIpc) is 2.31. The second kappa shape index (κ2) is 4.93. The molecule has 0 aliphatic carbocycles. The van der Waals surface area contributed by atoms with Crippen LogP contribution < -0.4 is 0 Å². The van der Waals surface area contributed by atoms with Gasteiger partial charge in [-0.15, -0.1) is 12.6 Å². The van der Waals surface area contributed by atoms with Crippen molar-refractivity contribution in [2.75, 3.05) is 24.6 Å². The number of hydrogen-bond acceptors (Lipinski definition) is 4. The van der Waals surface area contributed by atoms with E-state index < -0.39 is 9.84 Å². The number of carbonyl (C=O) groups is 1. The van der Waals surface area contributed by atoms with E-state index in [-0.39, 0.29) is 30.5 Å². The van der Waals surface area contributed by atoms with Crippen LogP contribution in [-0.2, 0) is 9.84 Å². The molecule has 0 aromatic heterocycles. The minimum atomic E-state index is -2.96. The van der Waals surface area contributed by atoms with Crippen LogP contribution >= 0.6 is 12.6 Å². The van der Waals surface area contributed by atoms with Crippen molar-refractivity contribution in [2.45, 2.75) is 11.8 Å². The standard InChI is InChI=1S/C12H15NO3S2/c1-9-2-3-10(17)8-11(9)12(14)13-4-6-18(15,16)7-5-13/h2-3,8,17H,4-7H2,1H3. The summed E-state index contributed by atoms with van der Waals surface area (Å²) in [6, 6.07) is 5.40. The fourth-order valence-electron chi connectivity index (χ4n) is 1.93. The molecule has 0 radical (unpaired) electrons. The highest BCUT2D eigenvalue weighted by Crippen LogP contribution is 2.17. The summed E-state index contributed by atoms with van der Waals surface area (Å²) < 4.78 is 22.7. The number of thiol groups is 1. The SMILES string of the molecule is Cc1ccc(S)cc1C(=O)N1CCS(=O)(=O)CC1. The maximum Gasteiger partial charge on any atom is 0.254 e. The van der Waals surface area contributed by atoms with Crippen LogP contribution in [0.1, 0.15) is 15.9 Å². The number of hydrogen-bond donors (Lipinski definition) is 1. The highest BCUT2D eigenvalue weighted by atomic mass is 32.2. The molecule has 0 unspecified atom stereocenters. The summed E-state index contributed by atoms with van der Waals surface area (Å²) >= 11 is 4.22. The van der Waals surface area contributed by atoms with E-state index in [4.69, 9.17) is 0 Å². The van der Waals surface area contributed by atoms with Crippen molar-refractivity contribution in [1.82, 2.24) is 4.90 Å². The molecular weight excluding hydrogens is 270 g/mol. The van der Waals surface area contributed by atoms with Gasteiger partial charge in [-0.3, -0.25) is 4.79 Å². The molecule has 1 saturated heterocycles. The lowest BCUT2D eigenvalue weighted by Gasteiger charge is -2.27. The summed E-state index contributed by atoms with van der Waals surface area (Å²) in [5.41, 5.74) is 1.48. The Labute approximate surface area is 112 Å². The van der Waals surface area contributed by atoms with Gasteiger partial charge in [0.1, 0.15) is 0 Å². The van der Waals surface area contributed by atoms with Crippen molar-refractivity contribution in [1.29, 1.82) is 0 Å². The fourth-order valence-corrected chi connectivity index (χ4v) is 3.33. The van der Waals surface area contributed by atoms with Crippen molar-refractivity contribution in [3.63, 3.8) is 0 Å². The lowest BCUT2D eigenvalue weighted by Crippen LogP contribution is -2.43. The zero-order chi connectivity index (χ0) is 13.3. The maximum atomic E-state index is 12.3. The maximum absolute atomic E-state index is 12.3. The Kier molecular flexibility index (Phi) is 3.68. The Morgan fingerprint density at radius 2 is 1.89 bits per heavy atom. The normalized spacial score (nSPS) is 18.7. The molecule has 1 aromatic carbocycles. The third-order valence-electron chi connectivity index (χ3n) is 3.08. The molecule has 1 aliphatic rings. The number of benzene rings is 1. The lowest BCUT2D eigenvalue weighted by atomic mass is 10.1. The van der Waals surface area contributed by atoms with E-state index in [9.17, 15) is 13.2 Å². The largest absolute Gasteiger partial charge is 0.337 e. The molecule has 1 aliphatic heterocycles. The van der Waals surface area contributed by atoms with Gasteiger partial charge in [0.25, 0.3) is 5.91 Å². The van der Waals surface area contributed by atoms with Crippen LogP contribution in [0.3, 0.4) is 0 Å². The Morgan fingerprint density at radius 1 is 1.28 bits per heavy atom. The van der Waals surface area contributed by atoms with Crippen molar-refractivity contribution < 1.29 is 13.2 Å². The van der Waals surface area contributed by atoms with Gasteiger partial charge in [0.05, 0.1) is 11.5 Å². The van der Waals surface area contributed by atoms with Gasteiger partial charge in [-0.2, -0.15) is 0 Å². The molecule has 1 heterocycles. The molecule has 0 atom stereocenters. The predicted octanol–water partition coefficient (Wildman–Crippen LogP) is 1.15. The molecule has 0 saturated carbocycles. The molecule has 6 heteroatoms. The minimum absolute atomic E-state index is 0.0539. The van der Waals surface area contributed by atoms with E-state index in [2.05, 4.69) is 12.6 Å². The third-order valence-corrected chi connectivity index (χ3v) is 4.97. The average molecular weight is 285 g/mol. The van der Waals surface area contributed by atoms with Gasteiger partial charge >= 0.3 is 0 Å². The third kappa shape index (κ3) is 2.87. The first-order valence-electron chi connectivity index (χ1n) is 5.68. The van der Waals surface area contributed by atoms with Crippen molar-refractivity contribution in [3.05, 3.63) is 29.3 Å². The van der Waals surface area contributed by atoms with Crippen LogP contribution in [0.2, 0.25) is 0 Å². The van der Waals surface area contributed by atoms with E-state index in [1.54, 1.807) is 11.0 Å². The van der Waals surface area contributed by atoms with Crippen molar-refractivity contribution >= 4 is 28.4 Å². The van der Waals surface area contributed by atoms with Crippen molar-refractivity contribution in [3.8, 4) is 0 Å². The van der Waals surface area contributed by atoms with Gasteiger partial charge in [-0.1, -0.05) is 6.07 Å². The summed E-state index contributed by atoms with van der Waals surface area (Å²) in [7, 11) is -2.96. The number of carbonyl (C=O) groups excluding carboxylic acids is 1.